The van der Waals surface area contributed by atoms with Crippen molar-refractivity contribution in [3.8, 4) is 0 Å². The molecular weight excluding hydrogens is 218 g/mol. The van der Waals surface area contributed by atoms with Crippen molar-refractivity contribution in [2.45, 2.75) is 0 Å². The highest BCUT2D eigenvalue weighted by Crippen LogP contribution is 2.13. The number of para-hydroxylation sites is 1. The highest BCUT2D eigenvalue weighted by atomic mass is 16.4. The van der Waals surface area contributed by atoms with Gasteiger partial charge in [-0.2, -0.15) is 0 Å². The Morgan fingerprint density at radius 1 is 1.29 bits per heavy atom. The minimum Gasteiger partial charge on any atom is -0.477 e. The number of rotatable bonds is 1. The summed E-state index contributed by atoms with van der Waals surface area (Å²) in [6, 6.07) is 9.09. The molecular formula is C12H11N3O2. The van der Waals surface area contributed by atoms with Crippen LogP contribution in [0.25, 0.3) is 10.9 Å². The van der Waals surface area contributed by atoms with Gasteiger partial charge in [0.05, 0.1) is 6.33 Å². The molecule has 2 aromatic heterocycles. The standard InChI is InChI=1S/C9H7NO2.C3H4N2/c11-9(12)8-5-6-3-1-2-4-7(6)10-8;1-2-5-3-4-1/h1-5,10H,(H,11,12);1-3H,(H,4,5). The molecule has 1 aromatic carbocycles. The zero-order valence-corrected chi connectivity index (χ0v) is 8.92. The summed E-state index contributed by atoms with van der Waals surface area (Å²) in [5.74, 6) is -0.925. The number of carboxylic acid groups (broad SMARTS) is 1. The fraction of sp³-hybridized carbons (Fsp3) is 0. The number of H-pyrrole nitrogens is 2. The molecule has 5 heteroatoms. The number of aromatic nitrogens is 3. The summed E-state index contributed by atoms with van der Waals surface area (Å²) < 4.78 is 0. The van der Waals surface area contributed by atoms with E-state index in [-0.39, 0.29) is 5.69 Å². The summed E-state index contributed by atoms with van der Waals surface area (Å²) in [4.78, 5) is 19.8. The number of carbonyl (C=O) groups is 1. The van der Waals surface area contributed by atoms with Crippen LogP contribution < -0.4 is 0 Å². The SMILES string of the molecule is O=C(O)c1cc2ccccc2[nH]1.c1c[nH]cn1. The molecule has 0 aliphatic rings. The lowest BCUT2D eigenvalue weighted by atomic mass is 10.2. The van der Waals surface area contributed by atoms with Gasteiger partial charge in [0.25, 0.3) is 0 Å². The minimum atomic E-state index is -0.925. The second-order valence-corrected chi connectivity index (χ2v) is 3.34. The number of hydrogen-bond donors (Lipinski definition) is 3. The van der Waals surface area contributed by atoms with Gasteiger partial charge in [-0.15, -0.1) is 0 Å². The topological polar surface area (TPSA) is 81.8 Å². The van der Waals surface area contributed by atoms with E-state index in [9.17, 15) is 4.79 Å². The molecule has 0 amide bonds. The molecule has 0 radical (unpaired) electrons. The first-order valence-electron chi connectivity index (χ1n) is 5.01. The van der Waals surface area contributed by atoms with E-state index in [1.807, 2.05) is 24.3 Å². The van der Waals surface area contributed by atoms with Crippen molar-refractivity contribution in [3.63, 3.8) is 0 Å². The zero-order valence-electron chi connectivity index (χ0n) is 8.92. The maximum atomic E-state index is 10.5. The lowest BCUT2D eigenvalue weighted by Crippen LogP contribution is -1.94. The van der Waals surface area contributed by atoms with Gasteiger partial charge in [-0.25, -0.2) is 9.78 Å². The summed E-state index contributed by atoms with van der Waals surface area (Å²) in [7, 11) is 0. The number of benzene rings is 1. The van der Waals surface area contributed by atoms with Crippen LogP contribution in [-0.4, -0.2) is 26.0 Å². The predicted octanol–water partition coefficient (Wildman–Crippen LogP) is 2.28. The number of fused-ring (bicyclic) bond motifs is 1. The van der Waals surface area contributed by atoms with E-state index < -0.39 is 5.97 Å². The minimum absolute atomic E-state index is 0.233. The fourth-order valence-corrected chi connectivity index (χ4v) is 1.40. The third kappa shape index (κ3) is 2.72. The molecule has 0 fully saturated rings. The number of carboxylic acids is 1. The van der Waals surface area contributed by atoms with Gasteiger partial charge in [0.2, 0.25) is 0 Å². The molecule has 2 heterocycles. The first-order valence-corrected chi connectivity index (χ1v) is 5.01. The number of imidazole rings is 1. The van der Waals surface area contributed by atoms with Crippen LogP contribution in [0.1, 0.15) is 10.5 Å². The van der Waals surface area contributed by atoms with Crippen LogP contribution in [0.4, 0.5) is 0 Å². The van der Waals surface area contributed by atoms with Crippen molar-refractivity contribution in [3.05, 3.63) is 54.7 Å². The van der Waals surface area contributed by atoms with Crippen LogP contribution in [0.15, 0.2) is 49.1 Å². The van der Waals surface area contributed by atoms with Crippen molar-refractivity contribution in [1.82, 2.24) is 15.0 Å². The van der Waals surface area contributed by atoms with Crippen LogP contribution >= 0.6 is 0 Å². The van der Waals surface area contributed by atoms with Gasteiger partial charge in [-0.1, -0.05) is 18.2 Å². The van der Waals surface area contributed by atoms with Crippen molar-refractivity contribution in [2.24, 2.45) is 0 Å². The smallest absolute Gasteiger partial charge is 0.352 e. The normalized spacial score (nSPS) is 9.65. The second kappa shape index (κ2) is 4.98. The highest BCUT2D eigenvalue weighted by Gasteiger charge is 2.05. The Kier molecular flexibility index (Phi) is 3.20. The Labute approximate surface area is 97.1 Å². The molecule has 3 aromatic rings. The molecule has 0 aliphatic heterocycles. The summed E-state index contributed by atoms with van der Waals surface area (Å²) in [5.41, 5.74) is 1.09. The number of hydrogen-bond acceptors (Lipinski definition) is 2. The van der Waals surface area contributed by atoms with Gasteiger partial charge < -0.3 is 15.1 Å². The van der Waals surface area contributed by atoms with E-state index in [0.717, 1.165) is 10.9 Å². The van der Waals surface area contributed by atoms with E-state index in [2.05, 4.69) is 15.0 Å². The second-order valence-electron chi connectivity index (χ2n) is 3.34. The average Bonchev–Trinajstić information content (AvgIpc) is 3.01. The van der Waals surface area contributed by atoms with Gasteiger partial charge in [-0.05, 0) is 12.1 Å². The lowest BCUT2D eigenvalue weighted by molar-refractivity contribution is 0.0691. The van der Waals surface area contributed by atoms with Crippen molar-refractivity contribution in [1.29, 1.82) is 0 Å². The molecule has 0 atom stereocenters. The number of aromatic amines is 2. The summed E-state index contributed by atoms with van der Waals surface area (Å²) in [6.07, 6.45) is 5.08. The summed E-state index contributed by atoms with van der Waals surface area (Å²) in [5, 5.41) is 9.58. The fourth-order valence-electron chi connectivity index (χ4n) is 1.40. The van der Waals surface area contributed by atoms with Gasteiger partial charge in [0, 0.05) is 23.3 Å². The average molecular weight is 229 g/mol. The largest absolute Gasteiger partial charge is 0.477 e. The molecule has 5 nitrogen and oxygen atoms in total. The molecule has 3 rings (SSSR count). The monoisotopic (exact) mass is 229 g/mol. The summed E-state index contributed by atoms with van der Waals surface area (Å²) >= 11 is 0. The molecule has 0 saturated heterocycles. The van der Waals surface area contributed by atoms with Crippen LogP contribution in [0.3, 0.4) is 0 Å². The lowest BCUT2D eigenvalue weighted by Gasteiger charge is -1.84. The van der Waals surface area contributed by atoms with Gasteiger partial charge in [0.1, 0.15) is 5.69 Å². The van der Waals surface area contributed by atoms with Gasteiger partial charge >= 0.3 is 5.97 Å². The van der Waals surface area contributed by atoms with Crippen LogP contribution in [-0.2, 0) is 0 Å². The van der Waals surface area contributed by atoms with E-state index in [4.69, 9.17) is 5.11 Å². The predicted molar refractivity (Wildman–Crippen MR) is 63.8 cm³/mol. The van der Waals surface area contributed by atoms with Crippen LogP contribution in [0.5, 0.6) is 0 Å². The third-order valence-electron chi connectivity index (χ3n) is 2.17. The van der Waals surface area contributed by atoms with E-state index in [1.54, 1.807) is 24.8 Å². The molecule has 0 aliphatic carbocycles. The molecule has 0 bridgehead atoms. The van der Waals surface area contributed by atoms with Gasteiger partial charge in [0.15, 0.2) is 0 Å². The molecule has 0 unspecified atom stereocenters. The van der Waals surface area contributed by atoms with E-state index in [1.165, 1.54) is 0 Å². The van der Waals surface area contributed by atoms with Crippen LogP contribution in [0.2, 0.25) is 0 Å². The maximum absolute atomic E-state index is 10.5. The molecule has 3 N–H and O–H groups in total. The van der Waals surface area contributed by atoms with E-state index >= 15 is 0 Å². The Bertz CT molecular complexity index is 549. The van der Waals surface area contributed by atoms with E-state index in [0.29, 0.717) is 0 Å². The van der Waals surface area contributed by atoms with Crippen molar-refractivity contribution in [2.75, 3.05) is 0 Å². The molecule has 17 heavy (non-hydrogen) atoms. The molecule has 0 saturated carbocycles. The summed E-state index contributed by atoms with van der Waals surface area (Å²) in [6.45, 7) is 0. The first-order chi connectivity index (χ1) is 8.27. The maximum Gasteiger partial charge on any atom is 0.352 e. The van der Waals surface area contributed by atoms with Crippen LogP contribution in [0, 0.1) is 0 Å². The number of nitrogens with zero attached hydrogens (tertiary/aromatic N) is 1. The quantitative estimate of drug-likeness (QED) is 0.598. The zero-order chi connectivity index (χ0) is 12.1. The Balaban J connectivity index is 0.000000181. The van der Waals surface area contributed by atoms with Crippen molar-refractivity contribution >= 4 is 16.9 Å². The first kappa shape index (κ1) is 10.9. The Morgan fingerprint density at radius 2 is 2.12 bits per heavy atom. The molecule has 0 spiro atoms. The number of aromatic carboxylic acids is 1. The highest BCUT2D eigenvalue weighted by molar-refractivity contribution is 5.93. The Morgan fingerprint density at radius 3 is 2.65 bits per heavy atom. The van der Waals surface area contributed by atoms with Gasteiger partial charge in [-0.3, -0.25) is 0 Å². The van der Waals surface area contributed by atoms with Crippen molar-refractivity contribution < 1.29 is 9.90 Å². The molecule has 86 valence electrons. The Hall–Kier alpha value is -2.56. The number of nitrogens with one attached hydrogen (secondary N) is 2. The third-order valence-corrected chi connectivity index (χ3v) is 2.17.